The lowest BCUT2D eigenvalue weighted by molar-refractivity contribution is 0.477. The number of aryl methyl sites for hydroxylation is 1. The van der Waals surface area contributed by atoms with Crippen LogP contribution in [0.15, 0.2) is 121 Å². The van der Waals surface area contributed by atoms with Crippen LogP contribution in [0.5, 0.6) is 11.5 Å². The van der Waals surface area contributed by atoms with E-state index in [1.54, 1.807) is 0 Å². The molecule has 0 saturated carbocycles. The summed E-state index contributed by atoms with van der Waals surface area (Å²) in [6, 6.07) is 41.4. The van der Waals surface area contributed by atoms with E-state index in [-0.39, 0.29) is 0 Å². The van der Waals surface area contributed by atoms with Crippen LogP contribution in [0.25, 0.3) is 33.3 Å². The van der Waals surface area contributed by atoms with Crippen molar-refractivity contribution in [1.82, 2.24) is 4.98 Å². The molecule has 0 N–H and O–H groups in total. The zero-order valence-electron chi connectivity index (χ0n) is 20.7. The maximum absolute atomic E-state index is 6.28. The van der Waals surface area contributed by atoms with Crippen LogP contribution in [0.2, 0.25) is 5.02 Å². The van der Waals surface area contributed by atoms with Crippen LogP contribution in [0.4, 0.5) is 17.1 Å². The molecule has 0 radical (unpaired) electrons. The van der Waals surface area contributed by atoms with E-state index < -0.39 is 0 Å². The lowest BCUT2D eigenvalue weighted by Crippen LogP contribution is -2.16. The molecule has 2 heterocycles. The largest absolute Gasteiger partial charge is 0.453 e. The van der Waals surface area contributed by atoms with E-state index in [2.05, 4.69) is 72.5 Å². The first-order valence-electron chi connectivity index (χ1n) is 12.6. The number of para-hydroxylation sites is 5. The van der Waals surface area contributed by atoms with Gasteiger partial charge >= 0.3 is 0 Å². The van der Waals surface area contributed by atoms with Crippen LogP contribution >= 0.6 is 11.6 Å². The van der Waals surface area contributed by atoms with Gasteiger partial charge in [-0.3, -0.25) is 0 Å². The average molecular weight is 511 g/mol. The zero-order valence-corrected chi connectivity index (χ0v) is 21.5. The summed E-state index contributed by atoms with van der Waals surface area (Å²) in [5.74, 6) is 1.63. The monoisotopic (exact) mass is 510 g/mol. The van der Waals surface area contributed by atoms with E-state index in [0.717, 1.165) is 61.8 Å². The van der Waals surface area contributed by atoms with Crippen molar-refractivity contribution in [3.05, 3.63) is 132 Å². The van der Waals surface area contributed by atoms with Crippen molar-refractivity contribution in [2.75, 3.05) is 4.90 Å². The first kappa shape index (κ1) is 22.6. The molecule has 0 aliphatic carbocycles. The van der Waals surface area contributed by atoms with Crippen molar-refractivity contribution in [3.63, 3.8) is 0 Å². The van der Waals surface area contributed by atoms with Gasteiger partial charge in [0.1, 0.15) is 0 Å². The van der Waals surface area contributed by atoms with E-state index in [0.29, 0.717) is 5.02 Å². The summed E-state index contributed by atoms with van der Waals surface area (Å²) in [4.78, 5) is 7.53. The second kappa shape index (κ2) is 9.05. The normalized spacial score (nSPS) is 12.1. The quantitative estimate of drug-likeness (QED) is 0.236. The molecule has 182 valence electrons. The van der Waals surface area contributed by atoms with Crippen molar-refractivity contribution in [2.45, 2.75) is 6.92 Å². The number of fused-ring (bicyclic) bond motifs is 3. The molecule has 0 fully saturated rings. The number of rotatable bonds is 3. The Hall–Kier alpha value is -4.60. The Balaban J connectivity index is 1.54. The molecule has 1 aromatic heterocycles. The highest BCUT2D eigenvalue weighted by atomic mass is 35.5. The van der Waals surface area contributed by atoms with Gasteiger partial charge in [0.15, 0.2) is 11.5 Å². The fourth-order valence-electron chi connectivity index (χ4n) is 5.12. The third-order valence-corrected chi connectivity index (χ3v) is 7.25. The average Bonchev–Trinajstić information content (AvgIpc) is 2.96. The summed E-state index contributed by atoms with van der Waals surface area (Å²) in [6.45, 7) is 2.11. The fourth-order valence-corrected chi connectivity index (χ4v) is 5.24. The molecule has 0 saturated heterocycles. The molecule has 3 nitrogen and oxygen atoms in total. The predicted molar refractivity (Wildman–Crippen MR) is 157 cm³/mol. The van der Waals surface area contributed by atoms with Crippen LogP contribution in [-0.2, 0) is 0 Å². The maximum atomic E-state index is 6.28. The SMILES string of the molecule is Cc1ccc(-c2cc(-c3ccc(Cl)cc3)nc3c(N4c5ccccc5Oc5ccccc54)cccc23)cc1. The third-order valence-electron chi connectivity index (χ3n) is 6.99. The van der Waals surface area contributed by atoms with Crippen molar-refractivity contribution in [3.8, 4) is 33.9 Å². The Morgan fingerprint density at radius 2 is 1.24 bits per heavy atom. The van der Waals surface area contributed by atoms with Gasteiger partial charge in [-0.05, 0) is 66.6 Å². The molecular formula is C34H23ClN2O. The first-order valence-corrected chi connectivity index (χ1v) is 13.0. The van der Waals surface area contributed by atoms with E-state index in [1.165, 1.54) is 5.56 Å². The van der Waals surface area contributed by atoms with Crippen molar-refractivity contribution < 1.29 is 4.74 Å². The molecule has 0 spiro atoms. The molecule has 0 atom stereocenters. The van der Waals surface area contributed by atoms with Crippen LogP contribution in [0.3, 0.4) is 0 Å². The van der Waals surface area contributed by atoms with Crippen LogP contribution in [-0.4, -0.2) is 4.98 Å². The van der Waals surface area contributed by atoms with E-state index in [4.69, 9.17) is 21.3 Å². The minimum Gasteiger partial charge on any atom is -0.453 e. The van der Waals surface area contributed by atoms with Crippen molar-refractivity contribution in [2.24, 2.45) is 0 Å². The number of anilines is 3. The van der Waals surface area contributed by atoms with Crippen molar-refractivity contribution >= 4 is 39.6 Å². The maximum Gasteiger partial charge on any atom is 0.151 e. The van der Waals surface area contributed by atoms with Gasteiger partial charge in [0.2, 0.25) is 0 Å². The summed E-state index contributed by atoms with van der Waals surface area (Å²) < 4.78 is 6.28. The van der Waals surface area contributed by atoms with E-state index in [1.807, 2.05) is 60.7 Å². The van der Waals surface area contributed by atoms with Gasteiger partial charge in [0.05, 0.1) is 28.3 Å². The number of benzene rings is 5. The van der Waals surface area contributed by atoms with Gasteiger partial charge in [-0.15, -0.1) is 0 Å². The summed E-state index contributed by atoms with van der Waals surface area (Å²) in [5, 5.41) is 1.79. The third kappa shape index (κ3) is 3.80. The predicted octanol–water partition coefficient (Wildman–Crippen LogP) is 10.1. The van der Waals surface area contributed by atoms with Gasteiger partial charge < -0.3 is 9.64 Å². The van der Waals surface area contributed by atoms with Crippen LogP contribution in [0.1, 0.15) is 5.56 Å². The minimum atomic E-state index is 0.704. The topological polar surface area (TPSA) is 25.4 Å². The molecule has 0 amide bonds. The lowest BCUT2D eigenvalue weighted by atomic mass is 9.96. The molecule has 0 unspecified atom stereocenters. The molecule has 7 rings (SSSR count). The van der Waals surface area contributed by atoms with Gasteiger partial charge in [-0.25, -0.2) is 4.98 Å². The standard InChI is InChI=1S/C34H23ClN2O/c1-22-13-15-23(16-14-22)27-21-28(24-17-19-25(35)20-18-24)36-34-26(27)7-6-10-31(34)37-29-8-2-4-11-32(29)38-33-12-5-3-9-30(33)37/h2-21H,1H3. The molecule has 38 heavy (non-hydrogen) atoms. The number of hydrogen-bond donors (Lipinski definition) is 0. The molecule has 4 heteroatoms. The lowest BCUT2D eigenvalue weighted by Gasteiger charge is -2.33. The molecule has 0 bridgehead atoms. The van der Waals surface area contributed by atoms with Crippen molar-refractivity contribution in [1.29, 1.82) is 0 Å². The summed E-state index contributed by atoms with van der Waals surface area (Å²) >= 11 is 6.22. The first-order chi connectivity index (χ1) is 18.7. The Labute approximate surface area is 226 Å². The van der Waals surface area contributed by atoms with E-state index >= 15 is 0 Å². The summed E-state index contributed by atoms with van der Waals surface area (Å²) in [5.41, 5.74) is 9.30. The van der Waals surface area contributed by atoms with Gasteiger partial charge in [-0.1, -0.05) is 90.0 Å². The number of aromatic nitrogens is 1. The second-order valence-electron chi connectivity index (χ2n) is 9.47. The number of nitrogens with zero attached hydrogens (tertiary/aromatic N) is 2. The number of pyridine rings is 1. The zero-order chi connectivity index (χ0) is 25.6. The molecule has 1 aliphatic heterocycles. The summed E-state index contributed by atoms with van der Waals surface area (Å²) in [7, 11) is 0. The second-order valence-corrected chi connectivity index (χ2v) is 9.91. The highest BCUT2D eigenvalue weighted by molar-refractivity contribution is 6.30. The smallest absolute Gasteiger partial charge is 0.151 e. The van der Waals surface area contributed by atoms with E-state index in [9.17, 15) is 0 Å². The number of hydrogen-bond acceptors (Lipinski definition) is 3. The van der Waals surface area contributed by atoms with Gasteiger partial charge in [0.25, 0.3) is 0 Å². The van der Waals surface area contributed by atoms with Gasteiger partial charge in [-0.2, -0.15) is 0 Å². The molecule has 6 aromatic rings. The number of halogens is 1. The Kier molecular flexibility index (Phi) is 5.38. The van der Waals surface area contributed by atoms with Crippen LogP contribution < -0.4 is 9.64 Å². The van der Waals surface area contributed by atoms with Gasteiger partial charge in [0, 0.05) is 16.0 Å². The molecular weight excluding hydrogens is 488 g/mol. The Morgan fingerprint density at radius 3 is 1.92 bits per heavy atom. The Morgan fingerprint density at radius 1 is 0.632 bits per heavy atom. The Bertz CT molecular complexity index is 1770. The fraction of sp³-hybridized carbons (Fsp3) is 0.0294. The highest BCUT2D eigenvalue weighted by Gasteiger charge is 2.27. The van der Waals surface area contributed by atoms with Crippen LogP contribution in [0, 0.1) is 6.92 Å². The molecule has 5 aromatic carbocycles. The minimum absolute atomic E-state index is 0.704. The number of ether oxygens (including phenoxy) is 1. The highest BCUT2D eigenvalue weighted by Crippen LogP contribution is 2.51. The summed E-state index contributed by atoms with van der Waals surface area (Å²) in [6.07, 6.45) is 0. The molecule has 1 aliphatic rings.